The van der Waals surface area contributed by atoms with E-state index in [9.17, 15) is 14.2 Å². The third-order valence-electron chi connectivity index (χ3n) is 3.36. The Morgan fingerprint density at radius 3 is 2.52 bits per heavy atom. The smallest absolute Gasteiger partial charge is 0.325 e. The van der Waals surface area contributed by atoms with Crippen LogP contribution in [-0.2, 0) is 27.2 Å². The quantitative estimate of drug-likeness (QED) is 0.718. The Bertz CT molecular complexity index is 827. The maximum atomic E-state index is 12.4. The molecule has 1 N–H and O–H groups in total. The van der Waals surface area contributed by atoms with Gasteiger partial charge in [-0.3, -0.25) is 18.9 Å². The Balaban J connectivity index is 2.17. The van der Waals surface area contributed by atoms with Gasteiger partial charge in [-0.15, -0.1) is 0 Å². The van der Waals surface area contributed by atoms with Crippen molar-refractivity contribution < 1.29 is 13.6 Å². The normalized spacial score (nSPS) is 12.1. The molecule has 0 unspecified atom stereocenters. The molecular formula is C13H21N4O5P. The third kappa shape index (κ3) is 3.80. The van der Waals surface area contributed by atoms with E-state index in [0.29, 0.717) is 37.3 Å². The molecule has 2 aromatic heterocycles. The fraction of sp³-hybridized carbons (Fsp3) is 0.615. The van der Waals surface area contributed by atoms with Crippen molar-refractivity contribution in [1.29, 1.82) is 0 Å². The van der Waals surface area contributed by atoms with Crippen LogP contribution in [0.1, 0.15) is 20.3 Å². The number of aromatic nitrogens is 4. The number of hydrogen-bond donors (Lipinski definition) is 1. The van der Waals surface area contributed by atoms with Gasteiger partial charge in [-0.2, -0.15) is 0 Å². The molecule has 10 heteroatoms. The number of rotatable bonds is 8. The molecule has 0 aromatic carbocycles. The van der Waals surface area contributed by atoms with Gasteiger partial charge in [0.1, 0.15) is 0 Å². The number of imidazole rings is 1. The molecule has 0 bridgehead atoms. The van der Waals surface area contributed by atoms with Gasteiger partial charge in [-0.1, -0.05) is 0 Å². The predicted octanol–water partition coefficient (Wildman–Crippen LogP) is 1.08. The SMILES string of the molecule is CCOP(=O)(CCCn1cnc2c1c(=O)[nH]c(=O)n2C)OCC. The lowest BCUT2D eigenvalue weighted by molar-refractivity contribution is 0.219. The van der Waals surface area contributed by atoms with Gasteiger partial charge >= 0.3 is 13.3 Å². The van der Waals surface area contributed by atoms with E-state index in [4.69, 9.17) is 9.05 Å². The van der Waals surface area contributed by atoms with E-state index < -0.39 is 18.8 Å². The first-order valence-corrected chi connectivity index (χ1v) is 9.17. The van der Waals surface area contributed by atoms with Crippen molar-refractivity contribution >= 4 is 18.8 Å². The Labute approximate surface area is 132 Å². The second kappa shape index (κ2) is 7.25. The van der Waals surface area contributed by atoms with Crippen LogP contribution in [0.2, 0.25) is 0 Å². The number of nitrogens with zero attached hydrogens (tertiary/aromatic N) is 3. The molecule has 0 aliphatic carbocycles. The highest BCUT2D eigenvalue weighted by molar-refractivity contribution is 7.53. The minimum Gasteiger partial charge on any atom is -0.325 e. The highest BCUT2D eigenvalue weighted by Gasteiger charge is 2.23. The molecule has 0 saturated carbocycles. The standard InChI is InChI=1S/C13H21N4O5P/c1-4-21-23(20,22-5-2)8-6-7-17-9-14-11-10(17)12(18)15-13(19)16(11)3/h9H,4-8H2,1-3H3,(H,15,18,19). The number of fused-ring (bicyclic) bond motifs is 1. The van der Waals surface area contributed by atoms with Gasteiger partial charge in [-0.05, 0) is 20.3 Å². The highest BCUT2D eigenvalue weighted by Crippen LogP contribution is 2.48. The summed E-state index contributed by atoms with van der Waals surface area (Å²) in [5.41, 5.74) is -0.366. The van der Waals surface area contributed by atoms with Crippen LogP contribution >= 0.6 is 7.60 Å². The van der Waals surface area contributed by atoms with Crippen LogP contribution in [0.4, 0.5) is 0 Å². The van der Waals surface area contributed by atoms with Crippen LogP contribution in [0.5, 0.6) is 0 Å². The molecule has 2 heterocycles. The summed E-state index contributed by atoms with van der Waals surface area (Å²) in [4.78, 5) is 29.8. The molecule has 0 fully saturated rings. The van der Waals surface area contributed by atoms with Gasteiger partial charge in [-0.25, -0.2) is 9.78 Å². The van der Waals surface area contributed by atoms with Crippen LogP contribution in [0.3, 0.4) is 0 Å². The molecule has 128 valence electrons. The van der Waals surface area contributed by atoms with Crippen molar-refractivity contribution in [3.8, 4) is 0 Å². The average molecular weight is 344 g/mol. The average Bonchev–Trinajstić information content (AvgIpc) is 2.90. The number of hydrogen-bond acceptors (Lipinski definition) is 6. The lowest BCUT2D eigenvalue weighted by Gasteiger charge is -2.16. The van der Waals surface area contributed by atoms with Crippen molar-refractivity contribution in [2.24, 2.45) is 7.05 Å². The Morgan fingerprint density at radius 1 is 1.26 bits per heavy atom. The van der Waals surface area contributed by atoms with E-state index >= 15 is 0 Å². The summed E-state index contributed by atoms with van der Waals surface area (Å²) in [5, 5.41) is 0. The topological polar surface area (TPSA) is 108 Å². The molecule has 2 aromatic rings. The maximum Gasteiger partial charge on any atom is 0.330 e. The molecular weight excluding hydrogens is 323 g/mol. The maximum absolute atomic E-state index is 12.4. The van der Waals surface area contributed by atoms with Crippen LogP contribution < -0.4 is 11.2 Å². The summed E-state index contributed by atoms with van der Waals surface area (Å²) in [6.07, 6.45) is 2.23. The first-order valence-electron chi connectivity index (χ1n) is 7.44. The van der Waals surface area contributed by atoms with Gasteiger partial charge in [0.2, 0.25) is 0 Å². The lowest BCUT2D eigenvalue weighted by Crippen LogP contribution is -2.29. The fourth-order valence-electron chi connectivity index (χ4n) is 2.35. The van der Waals surface area contributed by atoms with E-state index in [1.165, 1.54) is 17.9 Å². The van der Waals surface area contributed by atoms with Crippen molar-refractivity contribution in [2.75, 3.05) is 19.4 Å². The summed E-state index contributed by atoms with van der Waals surface area (Å²) >= 11 is 0. The number of nitrogens with one attached hydrogen (secondary N) is 1. The second-order valence-electron chi connectivity index (χ2n) is 4.95. The van der Waals surface area contributed by atoms with Crippen LogP contribution in [0.25, 0.3) is 11.2 Å². The molecule has 9 nitrogen and oxygen atoms in total. The molecule has 2 rings (SSSR count). The van der Waals surface area contributed by atoms with E-state index in [0.717, 1.165) is 0 Å². The van der Waals surface area contributed by atoms with Crippen molar-refractivity contribution in [3.63, 3.8) is 0 Å². The predicted molar refractivity (Wildman–Crippen MR) is 85.9 cm³/mol. The van der Waals surface area contributed by atoms with Crippen molar-refractivity contribution in [3.05, 3.63) is 27.2 Å². The monoisotopic (exact) mass is 344 g/mol. The van der Waals surface area contributed by atoms with E-state index in [1.807, 2.05) is 0 Å². The number of aromatic amines is 1. The van der Waals surface area contributed by atoms with Crippen LogP contribution in [0.15, 0.2) is 15.9 Å². The summed E-state index contributed by atoms with van der Waals surface area (Å²) in [6, 6.07) is 0. The van der Waals surface area contributed by atoms with Crippen LogP contribution in [0, 0.1) is 0 Å². The highest BCUT2D eigenvalue weighted by atomic mass is 31.2. The van der Waals surface area contributed by atoms with E-state index in [-0.39, 0.29) is 6.16 Å². The molecule has 0 spiro atoms. The molecule has 0 aliphatic heterocycles. The molecule has 0 atom stereocenters. The van der Waals surface area contributed by atoms with E-state index in [1.54, 1.807) is 18.4 Å². The summed E-state index contributed by atoms with van der Waals surface area (Å²) in [6.45, 7) is 4.56. The van der Waals surface area contributed by atoms with Gasteiger partial charge in [0.05, 0.1) is 25.7 Å². The molecule has 0 amide bonds. The van der Waals surface area contributed by atoms with Crippen molar-refractivity contribution in [1.82, 2.24) is 19.1 Å². The second-order valence-corrected chi connectivity index (χ2v) is 7.14. The van der Waals surface area contributed by atoms with Crippen molar-refractivity contribution in [2.45, 2.75) is 26.8 Å². The first-order chi connectivity index (χ1) is 10.9. The molecule has 23 heavy (non-hydrogen) atoms. The molecule has 0 aliphatic rings. The van der Waals surface area contributed by atoms with Gasteiger partial charge in [0.15, 0.2) is 11.2 Å². The molecule has 0 radical (unpaired) electrons. The van der Waals surface area contributed by atoms with Gasteiger partial charge in [0.25, 0.3) is 5.56 Å². The van der Waals surface area contributed by atoms with Gasteiger partial charge < -0.3 is 13.6 Å². The summed E-state index contributed by atoms with van der Waals surface area (Å²) < 4.78 is 25.8. The molecule has 0 saturated heterocycles. The number of H-pyrrole nitrogens is 1. The van der Waals surface area contributed by atoms with Gasteiger partial charge in [0, 0.05) is 13.6 Å². The lowest BCUT2D eigenvalue weighted by atomic mass is 10.4. The number of aryl methyl sites for hydroxylation is 2. The largest absolute Gasteiger partial charge is 0.330 e. The fourth-order valence-corrected chi connectivity index (χ4v) is 4.00. The Kier molecular flexibility index (Phi) is 5.56. The minimum absolute atomic E-state index is 0.248. The minimum atomic E-state index is -3.10. The Morgan fingerprint density at radius 2 is 1.91 bits per heavy atom. The third-order valence-corrected chi connectivity index (χ3v) is 5.53. The van der Waals surface area contributed by atoms with Crippen LogP contribution in [-0.4, -0.2) is 38.5 Å². The summed E-state index contributed by atoms with van der Waals surface area (Å²) in [5.74, 6) is 0. The van der Waals surface area contributed by atoms with E-state index in [2.05, 4.69) is 9.97 Å². The Hall–Kier alpha value is -1.70. The zero-order valence-electron chi connectivity index (χ0n) is 13.4. The zero-order chi connectivity index (χ0) is 17.0. The zero-order valence-corrected chi connectivity index (χ0v) is 14.3. The summed E-state index contributed by atoms with van der Waals surface area (Å²) in [7, 11) is -1.56. The first kappa shape index (κ1) is 17.7.